The van der Waals surface area contributed by atoms with E-state index >= 15 is 0 Å². The fourth-order valence-corrected chi connectivity index (χ4v) is 2.42. The first-order valence-corrected chi connectivity index (χ1v) is 6.68. The number of aryl methyl sites for hydroxylation is 1. The summed E-state index contributed by atoms with van der Waals surface area (Å²) in [7, 11) is 0. The molecule has 0 heterocycles. The van der Waals surface area contributed by atoms with Gasteiger partial charge in [-0.2, -0.15) is 0 Å². The molecule has 0 radical (unpaired) electrons. The quantitative estimate of drug-likeness (QED) is 0.875. The Morgan fingerprint density at radius 2 is 2.20 bits per heavy atom. The molecular formula is C15H20FNO3. The summed E-state index contributed by atoms with van der Waals surface area (Å²) in [5.41, 5.74) is -0.267. The third-order valence-corrected chi connectivity index (χ3v) is 3.30. The number of amides is 1. The molecule has 0 fully saturated rings. The summed E-state index contributed by atoms with van der Waals surface area (Å²) < 4.78 is 18.3. The Labute approximate surface area is 117 Å². The normalized spacial score (nSPS) is 21.4. The van der Waals surface area contributed by atoms with Crippen LogP contribution in [0.3, 0.4) is 0 Å². The molecule has 1 aromatic rings. The molecule has 20 heavy (non-hydrogen) atoms. The van der Waals surface area contributed by atoms with Gasteiger partial charge < -0.3 is 15.2 Å². The molecule has 1 amide bonds. The summed E-state index contributed by atoms with van der Waals surface area (Å²) in [6.45, 7) is 5.37. The summed E-state index contributed by atoms with van der Waals surface area (Å²) in [6.07, 6.45) is 0.489. The van der Waals surface area contributed by atoms with Crippen molar-refractivity contribution in [3.05, 3.63) is 35.1 Å². The lowest BCUT2D eigenvalue weighted by molar-refractivity contribution is 0.0226. The van der Waals surface area contributed by atoms with Crippen LogP contribution in [0.5, 0.6) is 0 Å². The van der Waals surface area contributed by atoms with Crippen LogP contribution >= 0.6 is 0 Å². The molecule has 0 aromatic heterocycles. The van der Waals surface area contributed by atoms with Crippen molar-refractivity contribution in [3.63, 3.8) is 0 Å². The van der Waals surface area contributed by atoms with E-state index in [0.29, 0.717) is 18.4 Å². The highest BCUT2D eigenvalue weighted by Crippen LogP contribution is 2.36. The zero-order chi connectivity index (χ0) is 15.0. The second-order valence-electron chi connectivity index (χ2n) is 6.19. The van der Waals surface area contributed by atoms with E-state index in [1.807, 2.05) is 0 Å². The summed E-state index contributed by atoms with van der Waals surface area (Å²) in [5.74, 6) is -0.312. The number of fused-ring (bicyclic) bond motifs is 1. The number of nitrogens with one attached hydrogen (secondary N) is 1. The van der Waals surface area contributed by atoms with Crippen LogP contribution in [0.2, 0.25) is 0 Å². The molecule has 1 unspecified atom stereocenters. The Morgan fingerprint density at radius 1 is 1.50 bits per heavy atom. The van der Waals surface area contributed by atoms with Gasteiger partial charge in [-0.3, -0.25) is 0 Å². The molecule has 4 nitrogen and oxygen atoms in total. The maximum absolute atomic E-state index is 13.1. The number of rotatable bonds is 2. The van der Waals surface area contributed by atoms with E-state index in [9.17, 15) is 14.3 Å². The number of ether oxygens (including phenoxy) is 1. The van der Waals surface area contributed by atoms with Gasteiger partial charge >= 0.3 is 6.09 Å². The summed E-state index contributed by atoms with van der Waals surface area (Å²) in [4.78, 5) is 11.6. The van der Waals surface area contributed by atoms with Crippen LogP contribution in [0.1, 0.15) is 38.3 Å². The lowest BCUT2D eigenvalue weighted by atomic mass is 9.96. The maximum atomic E-state index is 13.1. The molecule has 0 bridgehead atoms. The molecule has 0 saturated carbocycles. The Kier molecular flexibility index (Phi) is 3.73. The van der Waals surface area contributed by atoms with Gasteiger partial charge in [-0.15, -0.1) is 0 Å². The van der Waals surface area contributed by atoms with Crippen LogP contribution in [0.4, 0.5) is 9.18 Å². The monoisotopic (exact) mass is 281 g/mol. The van der Waals surface area contributed by atoms with Crippen LogP contribution < -0.4 is 5.32 Å². The molecule has 0 aliphatic heterocycles. The number of carbonyl (C=O) groups excluding carboxylic acids is 1. The zero-order valence-electron chi connectivity index (χ0n) is 12.0. The molecule has 110 valence electrons. The summed E-state index contributed by atoms with van der Waals surface area (Å²) in [6, 6.07) is 4.33. The zero-order valence-corrected chi connectivity index (χ0v) is 12.0. The molecule has 1 aliphatic carbocycles. The van der Waals surface area contributed by atoms with E-state index in [2.05, 4.69) is 5.32 Å². The minimum Gasteiger partial charge on any atom is -0.444 e. The molecule has 1 aliphatic rings. The van der Waals surface area contributed by atoms with Gasteiger partial charge in [-0.1, -0.05) is 6.07 Å². The average molecular weight is 281 g/mol. The predicted octanol–water partition coefficient (Wildman–Crippen LogP) is 2.48. The first-order chi connectivity index (χ1) is 9.20. The van der Waals surface area contributed by atoms with E-state index < -0.39 is 17.3 Å². The molecule has 5 heteroatoms. The van der Waals surface area contributed by atoms with Crippen LogP contribution in [0.15, 0.2) is 18.2 Å². The summed E-state index contributed by atoms with van der Waals surface area (Å²) >= 11 is 0. The molecule has 1 atom stereocenters. The smallest absolute Gasteiger partial charge is 0.407 e. The third-order valence-electron chi connectivity index (χ3n) is 3.30. The molecule has 0 spiro atoms. The molecule has 2 rings (SSSR count). The fourth-order valence-electron chi connectivity index (χ4n) is 2.42. The van der Waals surface area contributed by atoms with Crippen molar-refractivity contribution >= 4 is 6.09 Å². The number of hydrogen-bond donors (Lipinski definition) is 2. The minimum atomic E-state index is -1.15. The van der Waals surface area contributed by atoms with E-state index in [-0.39, 0.29) is 12.4 Å². The largest absolute Gasteiger partial charge is 0.444 e. The van der Waals surface area contributed by atoms with E-state index in [4.69, 9.17) is 4.74 Å². The van der Waals surface area contributed by atoms with Gasteiger partial charge in [0.05, 0.1) is 6.54 Å². The van der Waals surface area contributed by atoms with Gasteiger partial charge in [0.15, 0.2) is 0 Å². The molecule has 2 N–H and O–H groups in total. The van der Waals surface area contributed by atoms with Crippen LogP contribution in [0.25, 0.3) is 0 Å². The van der Waals surface area contributed by atoms with Crippen LogP contribution in [0, 0.1) is 5.82 Å². The highest BCUT2D eigenvalue weighted by Gasteiger charge is 2.37. The summed E-state index contributed by atoms with van der Waals surface area (Å²) in [5, 5.41) is 13.2. The van der Waals surface area contributed by atoms with Gasteiger partial charge in [0, 0.05) is 0 Å². The van der Waals surface area contributed by atoms with Gasteiger partial charge in [0.1, 0.15) is 17.0 Å². The maximum Gasteiger partial charge on any atom is 0.407 e. The molecular weight excluding hydrogens is 261 g/mol. The second-order valence-corrected chi connectivity index (χ2v) is 6.19. The second kappa shape index (κ2) is 5.05. The number of carbonyl (C=O) groups is 1. The molecule has 1 aromatic carbocycles. The van der Waals surface area contributed by atoms with Crippen molar-refractivity contribution in [1.82, 2.24) is 5.32 Å². The van der Waals surface area contributed by atoms with Crippen LogP contribution in [-0.2, 0) is 16.8 Å². The van der Waals surface area contributed by atoms with Crippen molar-refractivity contribution < 1.29 is 19.0 Å². The lowest BCUT2D eigenvalue weighted by Crippen LogP contribution is -2.41. The minimum absolute atomic E-state index is 0.0561. The SMILES string of the molecule is CC(C)(C)OC(=O)NCC1(O)CCc2cc(F)ccc21. The fraction of sp³-hybridized carbons (Fsp3) is 0.533. The highest BCUT2D eigenvalue weighted by molar-refractivity contribution is 5.67. The first-order valence-electron chi connectivity index (χ1n) is 6.68. The number of halogens is 1. The average Bonchev–Trinajstić information content (AvgIpc) is 2.63. The van der Waals surface area contributed by atoms with Crippen molar-refractivity contribution in [3.8, 4) is 0 Å². The van der Waals surface area contributed by atoms with Crippen molar-refractivity contribution in [2.24, 2.45) is 0 Å². The Hall–Kier alpha value is -1.62. The van der Waals surface area contributed by atoms with Crippen LogP contribution in [-0.4, -0.2) is 23.3 Å². The Balaban J connectivity index is 2.03. The van der Waals surface area contributed by atoms with Gasteiger partial charge in [0.25, 0.3) is 0 Å². The number of benzene rings is 1. The standard InChI is InChI=1S/C15H20FNO3/c1-14(2,3)20-13(18)17-9-15(19)7-6-10-8-11(16)4-5-12(10)15/h4-5,8,19H,6-7,9H2,1-3H3,(H,17,18). The van der Waals surface area contributed by atoms with Gasteiger partial charge in [-0.25, -0.2) is 9.18 Å². The molecule has 0 saturated heterocycles. The Morgan fingerprint density at radius 3 is 2.85 bits per heavy atom. The topological polar surface area (TPSA) is 58.6 Å². The Bertz CT molecular complexity index is 524. The number of aliphatic hydroxyl groups is 1. The van der Waals surface area contributed by atoms with Gasteiger partial charge in [-0.05, 0) is 56.9 Å². The van der Waals surface area contributed by atoms with Crippen molar-refractivity contribution in [1.29, 1.82) is 0 Å². The number of alkyl carbamates (subject to hydrolysis) is 1. The number of hydrogen-bond acceptors (Lipinski definition) is 3. The van der Waals surface area contributed by atoms with Crippen molar-refractivity contribution in [2.45, 2.75) is 44.8 Å². The first kappa shape index (κ1) is 14.8. The third kappa shape index (κ3) is 3.28. The predicted molar refractivity (Wildman–Crippen MR) is 72.9 cm³/mol. The van der Waals surface area contributed by atoms with E-state index in [0.717, 1.165) is 5.56 Å². The highest BCUT2D eigenvalue weighted by atomic mass is 19.1. The van der Waals surface area contributed by atoms with E-state index in [1.54, 1.807) is 26.8 Å². The van der Waals surface area contributed by atoms with Gasteiger partial charge in [0.2, 0.25) is 0 Å². The lowest BCUT2D eigenvalue weighted by Gasteiger charge is -2.26. The van der Waals surface area contributed by atoms with Crippen molar-refractivity contribution in [2.75, 3.05) is 6.54 Å². The van der Waals surface area contributed by atoms with E-state index in [1.165, 1.54) is 12.1 Å².